The van der Waals surface area contributed by atoms with Gasteiger partial charge >= 0.3 is 0 Å². The first-order valence-corrected chi connectivity index (χ1v) is 10.4. The highest BCUT2D eigenvalue weighted by molar-refractivity contribution is 5.73. The third-order valence-electron chi connectivity index (χ3n) is 4.77. The second kappa shape index (κ2) is 9.04. The lowest BCUT2D eigenvalue weighted by atomic mass is 9.96. The van der Waals surface area contributed by atoms with Crippen molar-refractivity contribution in [2.75, 3.05) is 19.8 Å². The first-order chi connectivity index (χ1) is 14.9. The maximum Gasteiger partial charge on any atom is 0.217 e. The Hall–Kier alpha value is -2.96. The zero-order chi connectivity index (χ0) is 21.8. The van der Waals surface area contributed by atoms with Gasteiger partial charge in [-0.2, -0.15) is 0 Å². The molecular formula is C22H27N5O4. The van der Waals surface area contributed by atoms with Crippen LogP contribution in [0.2, 0.25) is 0 Å². The lowest BCUT2D eigenvalue weighted by Crippen LogP contribution is -2.39. The van der Waals surface area contributed by atoms with E-state index < -0.39 is 0 Å². The molecule has 0 aromatic carbocycles. The largest absolute Gasteiger partial charge is 0.488 e. The number of aromatic nitrogens is 4. The molecular weight excluding hydrogens is 398 g/mol. The minimum absolute atomic E-state index is 0.0236. The molecule has 1 saturated carbocycles. The summed E-state index contributed by atoms with van der Waals surface area (Å²) in [6.07, 6.45) is 5.39. The van der Waals surface area contributed by atoms with Crippen LogP contribution in [-0.4, -0.2) is 58.0 Å². The van der Waals surface area contributed by atoms with Crippen molar-refractivity contribution in [2.24, 2.45) is 5.41 Å². The molecule has 31 heavy (non-hydrogen) atoms. The second-order valence-corrected chi connectivity index (χ2v) is 8.64. The van der Waals surface area contributed by atoms with Crippen molar-refractivity contribution < 1.29 is 19.0 Å². The van der Waals surface area contributed by atoms with E-state index in [0.717, 1.165) is 12.8 Å². The summed E-state index contributed by atoms with van der Waals surface area (Å²) >= 11 is 0. The SMILES string of the molecule is CC(=O)NCC#Cc1cnc(-c2cn(CC3OCC(C)(C)CO3)nn2)c(OC2CC2)c1. The van der Waals surface area contributed by atoms with Crippen LogP contribution in [0.3, 0.4) is 0 Å². The van der Waals surface area contributed by atoms with Crippen LogP contribution in [0, 0.1) is 17.3 Å². The molecule has 0 spiro atoms. The number of pyridine rings is 1. The molecule has 0 atom stereocenters. The number of carbonyl (C=O) groups excluding carboxylic acids is 1. The van der Waals surface area contributed by atoms with Gasteiger partial charge < -0.3 is 19.5 Å². The van der Waals surface area contributed by atoms with Crippen molar-refractivity contribution in [3.8, 4) is 29.0 Å². The molecule has 3 heterocycles. The summed E-state index contributed by atoms with van der Waals surface area (Å²) in [5.41, 5.74) is 1.97. The van der Waals surface area contributed by atoms with Gasteiger partial charge in [0.05, 0.1) is 38.6 Å². The van der Waals surface area contributed by atoms with E-state index in [4.69, 9.17) is 14.2 Å². The zero-order valence-corrected chi connectivity index (χ0v) is 18.1. The van der Waals surface area contributed by atoms with Crippen LogP contribution in [0.1, 0.15) is 39.2 Å². The molecule has 1 aliphatic carbocycles. The fourth-order valence-electron chi connectivity index (χ4n) is 2.96. The molecule has 0 radical (unpaired) electrons. The van der Waals surface area contributed by atoms with E-state index in [1.165, 1.54) is 6.92 Å². The lowest BCUT2D eigenvalue weighted by Gasteiger charge is -2.34. The first-order valence-electron chi connectivity index (χ1n) is 10.4. The van der Waals surface area contributed by atoms with E-state index in [2.05, 4.69) is 46.3 Å². The average molecular weight is 425 g/mol. The quantitative estimate of drug-likeness (QED) is 0.704. The maximum atomic E-state index is 11.0. The molecule has 0 bridgehead atoms. The van der Waals surface area contributed by atoms with E-state index in [1.54, 1.807) is 10.9 Å². The molecule has 4 rings (SSSR count). The molecule has 1 amide bonds. The minimum Gasteiger partial charge on any atom is -0.488 e. The lowest BCUT2D eigenvalue weighted by molar-refractivity contribution is -0.227. The topological polar surface area (TPSA) is 100 Å². The molecule has 2 aromatic rings. The third kappa shape index (κ3) is 6.03. The van der Waals surface area contributed by atoms with Crippen molar-refractivity contribution in [3.05, 3.63) is 24.0 Å². The summed E-state index contributed by atoms with van der Waals surface area (Å²) in [6.45, 7) is 7.70. The molecule has 2 aliphatic rings. The Morgan fingerprint density at radius 2 is 2.13 bits per heavy atom. The highest BCUT2D eigenvalue weighted by atomic mass is 16.7. The fourth-order valence-corrected chi connectivity index (χ4v) is 2.96. The summed E-state index contributed by atoms with van der Waals surface area (Å²) < 4.78 is 19.3. The summed E-state index contributed by atoms with van der Waals surface area (Å²) in [7, 11) is 0. The Labute approximate surface area is 181 Å². The van der Waals surface area contributed by atoms with Gasteiger partial charge in [-0.1, -0.05) is 30.9 Å². The molecule has 1 N–H and O–H groups in total. The highest BCUT2D eigenvalue weighted by Crippen LogP contribution is 2.33. The van der Waals surface area contributed by atoms with Crippen LogP contribution in [0.5, 0.6) is 5.75 Å². The molecule has 2 fully saturated rings. The normalized spacial score (nSPS) is 18.2. The van der Waals surface area contributed by atoms with Crippen molar-refractivity contribution in [3.63, 3.8) is 0 Å². The number of hydrogen-bond acceptors (Lipinski definition) is 7. The van der Waals surface area contributed by atoms with E-state index in [1.807, 2.05) is 12.3 Å². The van der Waals surface area contributed by atoms with Crippen LogP contribution < -0.4 is 10.1 Å². The number of carbonyl (C=O) groups is 1. The molecule has 1 aliphatic heterocycles. The number of hydrogen-bond donors (Lipinski definition) is 1. The van der Waals surface area contributed by atoms with Crippen molar-refractivity contribution in [1.29, 1.82) is 0 Å². The van der Waals surface area contributed by atoms with Gasteiger partial charge in [0.15, 0.2) is 6.29 Å². The number of amides is 1. The Morgan fingerprint density at radius 1 is 1.35 bits per heavy atom. The predicted molar refractivity (Wildman–Crippen MR) is 112 cm³/mol. The molecule has 9 heteroatoms. The Morgan fingerprint density at radius 3 is 2.84 bits per heavy atom. The summed E-state index contributed by atoms with van der Waals surface area (Å²) in [6, 6.07) is 1.86. The van der Waals surface area contributed by atoms with Gasteiger partial charge in [-0.15, -0.1) is 5.10 Å². The number of nitrogens with one attached hydrogen (secondary N) is 1. The maximum absolute atomic E-state index is 11.0. The fraction of sp³-hybridized carbons (Fsp3) is 0.545. The molecule has 0 unspecified atom stereocenters. The van der Waals surface area contributed by atoms with Gasteiger partial charge in [0.25, 0.3) is 0 Å². The monoisotopic (exact) mass is 425 g/mol. The van der Waals surface area contributed by atoms with E-state index in [9.17, 15) is 4.79 Å². The van der Waals surface area contributed by atoms with Crippen LogP contribution in [-0.2, 0) is 20.8 Å². The Bertz CT molecular complexity index is 993. The molecule has 164 valence electrons. The van der Waals surface area contributed by atoms with Crippen molar-refractivity contribution >= 4 is 5.91 Å². The second-order valence-electron chi connectivity index (χ2n) is 8.64. The van der Waals surface area contributed by atoms with Gasteiger partial charge in [0, 0.05) is 24.1 Å². The van der Waals surface area contributed by atoms with Gasteiger partial charge in [-0.25, -0.2) is 9.67 Å². The van der Waals surface area contributed by atoms with Gasteiger partial charge in [0.1, 0.15) is 17.1 Å². The summed E-state index contributed by atoms with van der Waals surface area (Å²) in [5, 5.41) is 11.1. The summed E-state index contributed by atoms with van der Waals surface area (Å²) in [5.74, 6) is 6.42. The predicted octanol–water partition coefficient (Wildman–Crippen LogP) is 1.77. The van der Waals surface area contributed by atoms with Crippen molar-refractivity contribution in [2.45, 2.75) is 52.6 Å². The minimum atomic E-state index is -0.348. The van der Waals surface area contributed by atoms with E-state index in [0.29, 0.717) is 42.5 Å². The number of ether oxygens (including phenoxy) is 3. The van der Waals surface area contributed by atoms with Crippen LogP contribution in [0.25, 0.3) is 11.4 Å². The van der Waals surface area contributed by atoms with E-state index in [-0.39, 0.29) is 30.3 Å². The zero-order valence-electron chi connectivity index (χ0n) is 18.1. The average Bonchev–Trinajstić information content (AvgIpc) is 3.42. The van der Waals surface area contributed by atoms with Gasteiger partial charge in [-0.05, 0) is 18.9 Å². The Kier molecular flexibility index (Phi) is 6.20. The van der Waals surface area contributed by atoms with Gasteiger partial charge in [-0.3, -0.25) is 4.79 Å². The molecule has 1 saturated heterocycles. The van der Waals surface area contributed by atoms with Crippen LogP contribution >= 0.6 is 0 Å². The third-order valence-corrected chi connectivity index (χ3v) is 4.77. The number of nitrogens with zero attached hydrogens (tertiary/aromatic N) is 4. The van der Waals surface area contributed by atoms with Crippen LogP contribution in [0.4, 0.5) is 0 Å². The van der Waals surface area contributed by atoms with Crippen LogP contribution in [0.15, 0.2) is 18.5 Å². The first kappa shape index (κ1) is 21.3. The molecule has 9 nitrogen and oxygen atoms in total. The van der Waals surface area contributed by atoms with Gasteiger partial charge in [0.2, 0.25) is 5.91 Å². The standard InChI is InChI=1S/C22H27N5O4/c1-15(28)23-8-4-5-16-9-19(31-17-6-7-17)21(24-10-16)18-11-27(26-25-18)12-20-29-13-22(2,3)14-30-20/h9-11,17,20H,6-8,12-14H2,1-3H3,(H,23,28). The molecule has 2 aromatic heterocycles. The Balaban J connectivity index is 1.47. The number of rotatable bonds is 6. The summed E-state index contributed by atoms with van der Waals surface area (Å²) in [4.78, 5) is 15.5. The highest BCUT2D eigenvalue weighted by Gasteiger charge is 2.29. The smallest absolute Gasteiger partial charge is 0.217 e. The van der Waals surface area contributed by atoms with E-state index >= 15 is 0 Å². The van der Waals surface area contributed by atoms with Crippen molar-refractivity contribution in [1.82, 2.24) is 25.3 Å².